The molecule has 6 nitrogen and oxygen atoms in total. The molecule has 0 aromatic carbocycles. The molecule has 0 aliphatic rings. The molecule has 2 aromatic rings. The zero-order chi connectivity index (χ0) is 10.1. The number of nitrogens with one attached hydrogen (secondary N) is 1. The van der Waals surface area contributed by atoms with Crippen LogP contribution in [-0.2, 0) is 4.74 Å². The number of carbonyl (C=O) groups excluding carboxylic acids is 1. The molecule has 2 aromatic heterocycles. The van der Waals surface area contributed by atoms with Gasteiger partial charge in [0.15, 0.2) is 5.65 Å². The number of carbonyl (C=O) groups is 1. The fraction of sp³-hybridized carbons (Fsp3) is 0.250. The second kappa shape index (κ2) is 3.06. The molecule has 6 heteroatoms. The van der Waals surface area contributed by atoms with Crippen molar-refractivity contribution in [2.45, 2.75) is 6.92 Å². The summed E-state index contributed by atoms with van der Waals surface area (Å²) < 4.78 is 4.57. The van der Waals surface area contributed by atoms with Crippen LogP contribution in [0, 0.1) is 6.92 Å². The highest BCUT2D eigenvalue weighted by molar-refractivity contribution is 5.94. The zero-order valence-electron chi connectivity index (χ0n) is 7.74. The van der Waals surface area contributed by atoms with E-state index in [1.807, 2.05) is 0 Å². The minimum absolute atomic E-state index is 0.355. The molecule has 2 heterocycles. The van der Waals surface area contributed by atoms with E-state index >= 15 is 0 Å². The predicted octanol–water partition coefficient (Wildman–Crippen LogP) is 0.448. The first kappa shape index (κ1) is 8.61. The molecule has 0 aliphatic heterocycles. The Morgan fingerprint density at radius 2 is 2.29 bits per heavy atom. The number of nitrogens with zero attached hydrogens (tertiary/aromatic N) is 3. The monoisotopic (exact) mass is 192 g/mol. The number of ether oxygens (including phenoxy) is 1. The van der Waals surface area contributed by atoms with E-state index in [-0.39, 0.29) is 0 Å². The lowest BCUT2D eigenvalue weighted by atomic mass is 10.3. The molecule has 0 fully saturated rings. The third-order valence-electron chi connectivity index (χ3n) is 1.93. The molecule has 0 bridgehead atoms. The number of esters is 1. The molecule has 72 valence electrons. The molecule has 14 heavy (non-hydrogen) atoms. The summed E-state index contributed by atoms with van der Waals surface area (Å²) in [5.41, 5.74) is 1.62. The summed E-state index contributed by atoms with van der Waals surface area (Å²) in [4.78, 5) is 14.0. The molecule has 0 saturated heterocycles. The lowest BCUT2D eigenvalue weighted by Gasteiger charge is -1.91. The molecule has 0 atom stereocenters. The van der Waals surface area contributed by atoms with Crippen LogP contribution in [0.2, 0.25) is 0 Å². The maximum absolute atomic E-state index is 11.2. The highest BCUT2D eigenvalue weighted by atomic mass is 16.5. The number of hydrogen-bond donors (Lipinski definition) is 1. The smallest absolute Gasteiger partial charge is 0.354 e. The Balaban J connectivity index is 2.62. The Morgan fingerprint density at radius 1 is 1.50 bits per heavy atom. The van der Waals surface area contributed by atoms with E-state index in [9.17, 15) is 4.79 Å². The number of aromatic nitrogens is 4. The van der Waals surface area contributed by atoms with Gasteiger partial charge in [0, 0.05) is 5.39 Å². The van der Waals surface area contributed by atoms with Gasteiger partial charge in [0.25, 0.3) is 0 Å². The highest BCUT2D eigenvalue weighted by Crippen LogP contribution is 2.14. The van der Waals surface area contributed by atoms with Gasteiger partial charge in [-0.05, 0) is 18.2 Å². The Kier molecular flexibility index (Phi) is 1.88. The first-order valence-corrected chi connectivity index (χ1v) is 3.99. The first-order valence-electron chi connectivity index (χ1n) is 3.99. The van der Waals surface area contributed by atoms with Crippen molar-refractivity contribution in [1.29, 1.82) is 0 Å². The van der Waals surface area contributed by atoms with Gasteiger partial charge < -0.3 is 9.72 Å². The first-order chi connectivity index (χ1) is 6.72. The summed E-state index contributed by atoms with van der Waals surface area (Å²) in [6, 6.07) is 1.65. The average Bonchev–Trinajstić information content (AvgIpc) is 2.62. The predicted molar refractivity (Wildman–Crippen MR) is 47.8 cm³/mol. The van der Waals surface area contributed by atoms with Gasteiger partial charge in [-0.1, -0.05) is 0 Å². The van der Waals surface area contributed by atoms with E-state index in [1.54, 1.807) is 13.0 Å². The molecular weight excluding hydrogens is 184 g/mol. The number of hydrogen-bond acceptors (Lipinski definition) is 5. The van der Waals surface area contributed by atoms with Crippen LogP contribution in [0.15, 0.2) is 6.07 Å². The summed E-state index contributed by atoms with van der Waals surface area (Å²) in [6.07, 6.45) is 0. The van der Waals surface area contributed by atoms with E-state index in [2.05, 4.69) is 25.1 Å². The number of H-pyrrole nitrogens is 1. The maximum Gasteiger partial charge on any atom is 0.354 e. The summed E-state index contributed by atoms with van der Waals surface area (Å²) >= 11 is 0. The third kappa shape index (κ3) is 1.20. The number of methoxy groups -OCH3 is 1. The summed E-state index contributed by atoms with van der Waals surface area (Å²) in [6.45, 7) is 1.80. The summed E-state index contributed by atoms with van der Waals surface area (Å²) in [5.74, 6) is -0.428. The van der Waals surface area contributed by atoms with Crippen molar-refractivity contribution in [3.05, 3.63) is 17.5 Å². The van der Waals surface area contributed by atoms with Gasteiger partial charge in [-0.15, -0.1) is 10.2 Å². The van der Waals surface area contributed by atoms with Crippen LogP contribution in [-0.4, -0.2) is 33.5 Å². The highest BCUT2D eigenvalue weighted by Gasteiger charge is 2.11. The standard InChI is InChI=1S/C8H8N4O2/c1-4-5-3-6(8(13)14-2)9-7(5)11-12-10-4/h3H,1-2H3,(H,9,10,11). The van der Waals surface area contributed by atoms with Crippen LogP contribution in [0.3, 0.4) is 0 Å². The van der Waals surface area contributed by atoms with E-state index in [0.29, 0.717) is 11.3 Å². The Hall–Kier alpha value is -1.98. The topological polar surface area (TPSA) is 80.8 Å². The second-order valence-corrected chi connectivity index (χ2v) is 2.81. The van der Waals surface area contributed by atoms with Crippen molar-refractivity contribution in [2.24, 2.45) is 0 Å². The minimum atomic E-state index is -0.428. The summed E-state index contributed by atoms with van der Waals surface area (Å²) in [7, 11) is 1.32. The van der Waals surface area contributed by atoms with Gasteiger partial charge in [-0.25, -0.2) is 4.79 Å². The Labute approximate surface area is 79.3 Å². The van der Waals surface area contributed by atoms with E-state index < -0.39 is 5.97 Å². The van der Waals surface area contributed by atoms with Crippen LogP contribution < -0.4 is 0 Å². The Morgan fingerprint density at radius 3 is 2.93 bits per heavy atom. The van der Waals surface area contributed by atoms with Crippen LogP contribution in [0.4, 0.5) is 0 Å². The van der Waals surface area contributed by atoms with E-state index in [0.717, 1.165) is 11.1 Å². The molecule has 1 N–H and O–H groups in total. The van der Waals surface area contributed by atoms with E-state index in [1.165, 1.54) is 7.11 Å². The zero-order valence-corrected chi connectivity index (χ0v) is 7.74. The van der Waals surface area contributed by atoms with Crippen LogP contribution in [0.25, 0.3) is 11.0 Å². The van der Waals surface area contributed by atoms with E-state index in [4.69, 9.17) is 0 Å². The third-order valence-corrected chi connectivity index (χ3v) is 1.93. The maximum atomic E-state index is 11.2. The molecule has 0 spiro atoms. The van der Waals surface area contributed by atoms with Crippen molar-refractivity contribution < 1.29 is 9.53 Å². The normalized spacial score (nSPS) is 10.4. The molecular formula is C8H8N4O2. The van der Waals surface area contributed by atoms with Crippen molar-refractivity contribution in [1.82, 2.24) is 20.4 Å². The second-order valence-electron chi connectivity index (χ2n) is 2.81. The van der Waals surface area contributed by atoms with Crippen molar-refractivity contribution in [2.75, 3.05) is 7.11 Å². The largest absolute Gasteiger partial charge is 0.464 e. The van der Waals surface area contributed by atoms with Gasteiger partial charge in [-0.3, -0.25) is 0 Å². The summed E-state index contributed by atoms with van der Waals surface area (Å²) in [5, 5.41) is 11.8. The lowest BCUT2D eigenvalue weighted by Crippen LogP contribution is -2.00. The lowest BCUT2D eigenvalue weighted by molar-refractivity contribution is 0.0595. The van der Waals surface area contributed by atoms with Gasteiger partial charge >= 0.3 is 5.97 Å². The molecule has 0 unspecified atom stereocenters. The van der Waals surface area contributed by atoms with Crippen LogP contribution >= 0.6 is 0 Å². The van der Waals surface area contributed by atoms with Crippen molar-refractivity contribution in [3.8, 4) is 0 Å². The van der Waals surface area contributed by atoms with Crippen molar-refractivity contribution >= 4 is 17.0 Å². The number of aryl methyl sites for hydroxylation is 1. The van der Waals surface area contributed by atoms with Crippen LogP contribution in [0.5, 0.6) is 0 Å². The molecule has 2 rings (SSSR count). The van der Waals surface area contributed by atoms with Crippen molar-refractivity contribution in [3.63, 3.8) is 0 Å². The fourth-order valence-corrected chi connectivity index (χ4v) is 1.21. The molecule has 0 aliphatic carbocycles. The molecule has 0 amide bonds. The van der Waals surface area contributed by atoms with Gasteiger partial charge in [0.05, 0.1) is 12.8 Å². The minimum Gasteiger partial charge on any atom is -0.464 e. The SMILES string of the molecule is COC(=O)c1cc2c(C)nnnc2[nH]1. The Bertz CT molecular complexity index is 491. The average molecular weight is 192 g/mol. The quantitative estimate of drug-likeness (QED) is 0.663. The van der Waals surface area contributed by atoms with Gasteiger partial charge in [0.1, 0.15) is 5.69 Å². The number of fused-ring (bicyclic) bond motifs is 1. The molecule has 0 radical (unpaired) electrons. The molecule has 0 saturated carbocycles. The number of rotatable bonds is 1. The van der Waals surface area contributed by atoms with Gasteiger partial charge in [0.2, 0.25) is 0 Å². The fourth-order valence-electron chi connectivity index (χ4n) is 1.21. The van der Waals surface area contributed by atoms with Gasteiger partial charge in [-0.2, -0.15) is 0 Å². The number of aromatic amines is 1. The van der Waals surface area contributed by atoms with Crippen LogP contribution in [0.1, 0.15) is 16.2 Å².